The van der Waals surface area contributed by atoms with Crippen LogP contribution in [0.5, 0.6) is 0 Å². The Morgan fingerprint density at radius 3 is 2.68 bits per heavy atom. The fourth-order valence-corrected chi connectivity index (χ4v) is 7.63. The molecule has 184 valence electrons. The summed E-state index contributed by atoms with van der Waals surface area (Å²) in [7, 11) is 0. The molecule has 1 aromatic heterocycles. The average Bonchev–Trinajstić information content (AvgIpc) is 3.15. The van der Waals surface area contributed by atoms with Crippen LogP contribution in [0.25, 0.3) is 11.0 Å². The zero-order valence-electron chi connectivity index (χ0n) is 21.0. The predicted molar refractivity (Wildman–Crippen MR) is 134 cm³/mol. The molecule has 6 heteroatoms. The van der Waals surface area contributed by atoms with Crippen molar-refractivity contribution in [1.29, 1.82) is 0 Å². The number of carboxylic acids is 1. The molecule has 0 spiro atoms. The summed E-state index contributed by atoms with van der Waals surface area (Å²) < 4.78 is 1.67. The van der Waals surface area contributed by atoms with E-state index in [1.54, 1.807) is 10.6 Å². The Kier molecular flexibility index (Phi) is 6.07. The van der Waals surface area contributed by atoms with Crippen LogP contribution in [0.2, 0.25) is 0 Å². The molecule has 6 atom stereocenters. The fourth-order valence-electron chi connectivity index (χ4n) is 7.63. The molecule has 2 heterocycles. The molecule has 2 bridgehead atoms. The third-order valence-corrected chi connectivity index (χ3v) is 9.76. The maximum absolute atomic E-state index is 13.1. The molecule has 2 aromatic rings. The average molecular weight is 466 g/mol. The number of rotatable bonds is 7. The van der Waals surface area contributed by atoms with Gasteiger partial charge >= 0.3 is 5.97 Å². The maximum atomic E-state index is 13.1. The third-order valence-electron chi connectivity index (χ3n) is 9.76. The molecule has 1 aliphatic heterocycles. The van der Waals surface area contributed by atoms with Crippen molar-refractivity contribution in [1.82, 2.24) is 14.5 Å². The second kappa shape index (κ2) is 8.78. The first kappa shape index (κ1) is 23.5. The van der Waals surface area contributed by atoms with Gasteiger partial charge in [-0.2, -0.15) is 0 Å². The molecule has 0 amide bonds. The summed E-state index contributed by atoms with van der Waals surface area (Å²) in [5.74, 6) is 1.41. The number of fused-ring (bicyclic) bond motifs is 3. The molecule has 1 unspecified atom stereocenters. The summed E-state index contributed by atoms with van der Waals surface area (Å²) in [6, 6.07) is 8.25. The SMILES string of the molecule is CC1CC[C@@H](C[C@H](C)n2c(=O)c(C(=O)O)nc3ccccc32)N1CC[C@@H]1CC[C@H]2C[C@@H]1C2(C)C. The third kappa shape index (κ3) is 3.88. The van der Waals surface area contributed by atoms with Gasteiger partial charge in [0, 0.05) is 18.1 Å². The normalized spacial score (nSPS) is 31.4. The number of aromatic carboxylic acids is 1. The van der Waals surface area contributed by atoms with E-state index in [0.29, 0.717) is 28.5 Å². The lowest BCUT2D eigenvalue weighted by molar-refractivity contribution is -0.108. The quantitative estimate of drug-likeness (QED) is 0.596. The van der Waals surface area contributed by atoms with Crippen LogP contribution in [0.15, 0.2) is 29.1 Å². The van der Waals surface area contributed by atoms with Crippen LogP contribution in [-0.4, -0.2) is 44.2 Å². The van der Waals surface area contributed by atoms with Crippen LogP contribution in [0.3, 0.4) is 0 Å². The lowest BCUT2D eigenvalue weighted by Gasteiger charge is -2.60. The minimum Gasteiger partial charge on any atom is -0.476 e. The number of hydrogen-bond donors (Lipinski definition) is 1. The van der Waals surface area contributed by atoms with Crippen LogP contribution >= 0.6 is 0 Å². The topological polar surface area (TPSA) is 75.4 Å². The lowest BCUT2D eigenvalue weighted by Crippen LogP contribution is -2.53. The highest BCUT2D eigenvalue weighted by molar-refractivity contribution is 5.88. The molecular weight excluding hydrogens is 426 g/mol. The Labute approximate surface area is 202 Å². The van der Waals surface area contributed by atoms with Gasteiger partial charge in [-0.1, -0.05) is 26.0 Å². The number of hydrogen-bond acceptors (Lipinski definition) is 4. The van der Waals surface area contributed by atoms with Crippen molar-refractivity contribution in [3.63, 3.8) is 0 Å². The van der Waals surface area contributed by atoms with E-state index in [4.69, 9.17) is 0 Å². The van der Waals surface area contributed by atoms with Crippen LogP contribution in [0, 0.1) is 23.2 Å². The van der Waals surface area contributed by atoms with E-state index >= 15 is 0 Å². The number of likely N-dealkylation sites (tertiary alicyclic amines) is 1. The fraction of sp³-hybridized carbons (Fsp3) is 0.679. The number of para-hydroxylation sites is 2. The molecule has 1 N–H and O–H groups in total. The van der Waals surface area contributed by atoms with Gasteiger partial charge in [0.2, 0.25) is 5.69 Å². The first-order chi connectivity index (χ1) is 16.2. The van der Waals surface area contributed by atoms with E-state index in [0.717, 1.165) is 37.1 Å². The van der Waals surface area contributed by atoms with Crippen LogP contribution in [-0.2, 0) is 0 Å². The second-order valence-electron chi connectivity index (χ2n) is 11.8. The minimum absolute atomic E-state index is 0.0997. The Morgan fingerprint density at radius 1 is 1.21 bits per heavy atom. The highest BCUT2D eigenvalue weighted by Crippen LogP contribution is 2.62. The van der Waals surface area contributed by atoms with Crippen molar-refractivity contribution in [3.05, 3.63) is 40.3 Å². The van der Waals surface area contributed by atoms with Gasteiger partial charge in [-0.25, -0.2) is 9.78 Å². The highest BCUT2D eigenvalue weighted by Gasteiger charge is 2.53. The summed E-state index contributed by atoms with van der Waals surface area (Å²) in [6.45, 7) is 10.5. The molecule has 34 heavy (non-hydrogen) atoms. The van der Waals surface area contributed by atoms with Gasteiger partial charge in [0.1, 0.15) is 0 Å². The number of carboxylic acid groups (broad SMARTS) is 1. The molecular formula is C28H39N3O3. The molecule has 3 aliphatic carbocycles. The van der Waals surface area contributed by atoms with Crippen LogP contribution < -0.4 is 5.56 Å². The molecule has 3 saturated carbocycles. The summed E-state index contributed by atoms with van der Waals surface area (Å²) in [5, 5.41) is 9.56. The number of carbonyl (C=O) groups is 1. The summed E-state index contributed by atoms with van der Waals surface area (Å²) >= 11 is 0. The van der Waals surface area contributed by atoms with Crippen molar-refractivity contribution in [2.24, 2.45) is 23.2 Å². The van der Waals surface area contributed by atoms with Crippen molar-refractivity contribution < 1.29 is 9.90 Å². The Morgan fingerprint density at radius 2 is 1.97 bits per heavy atom. The molecule has 6 rings (SSSR count). The lowest BCUT2D eigenvalue weighted by atomic mass is 9.45. The monoisotopic (exact) mass is 465 g/mol. The highest BCUT2D eigenvalue weighted by atomic mass is 16.4. The first-order valence-corrected chi connectivity index (χ1v) is 13.2. The van der Waals surface area contributed by atoms with Gasteiger partial charge in [0.15, 0.2) is 0 Å². The molecule has 4 fully saturated rings. The second-order valence-corrected chi connectivity index (χ2v) is 11.8. The first-order valence-electron chi connectivity index (χ1n) is 13.2. The number of nitrogens with zero attached hydrogens (tertiary/aromatic N) is 3. The van der Waals surface area contributed by atoms with Crippen LogP contribution in [0.1, 0.15) is 89.2 Å². The molecule has 1 aromatic carbocycles. The van der Waals surface area contributed by atoms with Gasteiger partial charge in [0.05, 0.1) is 11.0 Å². The number of aromatic nitrogens is 2. The Bertz CT molecular complexity index is 1140. The molecule has 4 aliphatic rings. The van der Waals surface area contributed by atoms with E-state index in [2.05, 4.69) is 37.6 Å². The van der Waals surface area contributed by atoms with E-state index in [1.165, 1.54) is 32.1 Å². The standard InChI is InChI=1S/C28H39N3O3/c1-17-9-12-21(30(17)14-13-19-10-11-20-16-22(19)28(20,3)4)15-18(2)31-24-8-6-5-7-23(24)29-25(26(31)32)27(33)34/h5-8,17-22H,9-16H2,1-4H3,(H,33,34)/t17?,18-,19-,20-,21-,22-/m0/s1. The Balaban J connectivity index is 1.34. The van der Waals surface area contributed by atoms with Gasteiger partial charge in [-0.3, -0.25) is 9.69 Å². The van der Waals surface area contributed by atoms with E-state index in [1.807, 2.05) is 18.2 Å². The number of benzene rings is 1. The van der Waals surface area contributed by atoms with Gasteiger partial charge < -0.3 is 9.67 Å². The van der Waals surface area contributed by atoms with Crippen molar-refractivity contribution >= 4 is 17.0 Å². The van der Waals surface area contributed by atoms with Crippen molar-refractivity contribution in [2.45, 2.75) is 90.8 Å². The smallest absolute Gasteiger partial charge is 0.360 e. The van der Waals surface area contributed by atoms with Gasteiger partial charge in [0.25, 0.3) is 5.56 Å². The van der Waals surface area contributed by atoms with E-state index in [9.17, 15) is 14.7 Å². The van der Waals surface area contributed by atoms with Gasteiger partial charge in [-0.15, -0.1) is 0 Å². The largest absolute Gasteiger partial charge is 0.476 e. The van der Waals surface area contributed by atoms with Crippen molar-refractivity contribution in [3.8, 4) is 0 Å². The summed E-state index contributed by atoms with van der Waals surface area (Å²) in [4.78, 5) is 31.6. The maximum Gasteiger partial charge on any atom is 0.360 e. The zero-order valence-corrected chi connectivity index (χ0v) is 21.0. The van der Waals surface area contributed by atoms with E-state index < -0.39 is 11.5 Å². The molecule has 1 saturated heterocycles. The molecule has 0 radical (unpaired) electrons. The Hall–Kier alpha value is -2.21. The molecule has 6 nitrogen and oxygen atoms in total. The summed E-state index contributed by atoms with van der Waals surface area (Å²) in [5.41, 5.74) is 0.910. The minimum atomic E-state index is -1.26. The van der Waals surface area contributed by atoms with Crippen molar-refractivity contribution in [2.75, 3.05) is 6.54 Å². The predicted octanol–water partition coefficient (Wildman–Crippen LogP) is 5.36. The van der Waals surface area contributed by atoms with Crippen LogP contribution in [0.4, 0.5) is 0 Å². The zero-order chi connectivity index (χ0) is 24.2. The van der Waals surface area contributed by atoms with Gasteiger partial charge in [-0.05, 0) is 101 Å². The summed E-state index contributed by atoms with van der Waals surface area (Å²) in [6.07, 6.45) is 8.66. The van der Waals surface area contributed by atoms with E-state index in [-0.39, 0.29) is 11.7 Å².